The minimum atomic E-state index is -3.24. The Labute approximate surface area is 156 Å². The van der Waals surface area contributed by atoms with E-state index < -0.39 is 10.0 Å². The molecule has 0 amide bonds. The van der Waals surface area contributed by atoms with Gasteiger partial charge in [0.1, 0.15) is 5.75 Å². The Morgan fingerprint density at radius 2 is 1.69 bits per heavy atom. The highest BCUT2D eigenvalue weighted by Gasteiger charge is 2.27. The molecule has 1 aliphatic heterocycles. The summed E-state index contributed by atoms with van der Waals surface area (Å²) in [6, 6.07) is 15.8. The lowest BCUT2D eigenvalue weighted by atomic mass is 10.1. The molecule has 0 unspecified atom stereocenters. The molecule has 2 aromatic carbocycles. The van der Waals surface area contributed by atoms with Crippen LogP contribution < -0.4 is 9.64 Å². The summed E-state index contributed by atoms with van der Waals surface area (Å²) in [6.07, 6.45) is 0.551. The van der Waals surface area contributed by atoms with Crippen molar-refractivity contribution >= 4 is 15.7 Å². The van der Waals surface area contributed by atoms with Crippen molar-refractivity contribution in [1.29, 1.82) is 0 Å². The van der Waals surface area contributed by atoms with E-state index in [9.17, 15) is 8.42 Å². The summed E-state index contributed by atoms with van der Waals surface area (Å²) >= 11 is 0. The van der Waals surface area contributed by atoms with E-state index in [0.717, 1.165) is 17.0 Å². The number of hydrogen-bond donors (Lipinski definition) is 0. The van der Waals surface area contributed by atoms with Crippen LogP contribution in [0.25, 0.3) is 0 Å². The molecule has 6 heteroatoms. The summed E-state index contributed by atoms with van der Waals surface area (Å²) in [5, 5.41) is 0. The van der Waals surface area contributed by atoms with Gasteiger partial charge in [0.15, 0.2) is 0 Å². The van der Waals surface area contributed by atoms with Gasteiger partial charge in [-0.3, -0.25) is 0 Å². The Morgan fingerprint density at radius 3 is 2.35 bits per heavy atom. The van der Waals surface area contributed by atoms with Gasteiger partial charge in [-0.25, -0.2) is 8.42 Å². The van der Waals surface area contributed by atoms with E-state index in [2.05, 4.69) is 11.0 Å². The third-order valence-corrected chi connectivity index (χ3v) is 6.67. The number of nitrogens with zero attached hydrogens (tertiary/aromatic N) is 2. The van der Waals surface area contributed by atoms with Crippen LogP contribution in [-0.2, 0) is 16.4 Å². The van der Waals surface area contributed by atoms with Crippen LogP contribution in [0.5, 0.6) is 5.75 Å². The van der Waals surface area contributed by atoms with Gasteiger partial charge in [-0.1, -0.05) is 36.4 Å². The lowest BCUT2D eigenvalue weighted by molar-refractivity contribution is 0.378. The highest BCUT2D eigenvalue weighted by Crippen LogP contribution is 2.30. The number of rotatable bonds is 6. The monoisotopic (exact) mass is 374 g/mol. The van der Waals surface area contributed by atoms with Crippen molar-refractivity contribution in [2.75, 3.05) is 43.9 Å². The van der Waals surface area contributed by atoms with Gasteiger partial charge in [-0.15, -0.1) is 0 Å². The van der Waals surface area contributed by atoms with Crippen molar-refractivity contribution in [2.24, 2.45) is 0 Å². The fraction of sp³-hybridized carbons (Fsp3) is 0.400. The SMILES string of the molecule is COc1ccc(C)cc1N1CCN(S(=O)(=O)CCc2ccccc2)CC1. The lowest BCUT2D eigenvalue weighted by Crippen LogP contribution is -2.49. The first kappa shape index (κ1) is 18.7. The molecule has 1 fully saturated rings. The number of aryl methyl sites for hydroxylation is 2. The number of anilines is 1. The van der Waals surface area contributed by atoms with E-state index in [-0.39, 0.29) is 5.75 Å². The Bertz CT molecular complexity index is 829. The highest BCUT2D eigenvalue weighted by molar-refractivity contribution is 7.89. The van der Waals surface area contributed by atoms with Gasteiger partial charge >= 0.3 is 0 Å². The second-order valence-electron chi connectivity index (χ2n) is 6.61. The molecule has 1 saturated heterocycles. The maximum atomic E-state index is 12.7. The molecule has 0 atom stereocenters. The van der Waals surface area contributed by atoms with Crippen LogP contribution in [0.15, 0.2) is 48.5 Å². The van der Waals surface area contributed by atoms with E-state index in [4.69, 9.17) is 4.74 Å². The molecule has 26 heavy (non-hydrogen) atoms. The second kappa shape index (κ2) is 8.10. The summed E-state index contributed by atoms with van der Waals surface area (Å²) in [5.74, 6) is 0.987. The molecule has 0 bridgehead atoms. The summed E-state index contributed by atoms with van der Waals surface area (Å²) in [5.41, 5.74) is 3.26. The van der Waals surface area contributed by atoms with E-state index in [1.165, 1.54) is 5.56 Å². The molecule has 1 aliphatic rings. The zero-order chi connectivity index (χ0) is 18.6. The van der Waals surface area contributed by atoms with Gasteiger partial charge in [0.05, 0.1) is 18.6 Å². The normalized spacial score (nSPS) is 15.8. The Morgan fingerprint density at radius 1 is 1.00 bits per heavy atom. The van der Waals surface area contributed by atoms with E-state index in [0.29, 0.717) is 32.6 Å². The minimum Gasteiger partial charge on any atom is -0.495 e. The van der Waals surface area contributed by atoms with E-state index >= 15 is 0 Å². The smallest absolute Gasteiger partial charge is 0.214 e. The van der Waals surface area contributed by atoms with Crippen molar-refractivity contribution in [1.82, 2.24) is 4.31 Å². The molecule has 0 N–H and O–H groups in total. The summed E-state index contributed by atoms with van der Waals surface area (Å²) in [6.45, 7) is 4.41. The van der Waals surface area contributed by atoms with Crippen LogP contribution in [-0.4, -0.2) is 51.8 Å². The topological polar surface area (TPSA) is 49.9 Å². The largest absolute Gasteiger partial charge is 0.495 e. The lowest BCUT2D eigenvalue weighted by Gasteiger charge is -2.36. The van der Waals surface area contributed by atoms with Gasteiger partial charge in [0, 0.05) is 26.2 Å². The maximum Gasteiger partial charge on any atom is 0.214 e. The standard InChI is InChI=1S/C20H26N2O3S/c1-17-8-9-20(25-2)19(16-17)21-11-13-22(14-12-21)26(23,24)15-10-18-6-4-3-5-7-18/h3-9,16H,10-15H2,1-2H3. The predicted molar refractivity (Wildman–Crippen MR) is 105 cm³/mol. The van der Waals surface area contributed by atoms with Crippen LogP contribution in [0, 0.1) is 6.92 Å². The molecular formula is C20H26N2O3S. The summed E-state index contributed by atoms with van der Waals surface area (Å²) in [7, 11) is -1.57. The Balaban J connectivity index is 1.62. The fourth-order valence-electron chi connectivity index (χ4n) is 3.27. The van der Waals surface area contributed by atoms with Crippen molar-refractivity contribution in [3.63, 3.8) is 0 Å². The zero-order valence-electron chi connectivity index (χ0n) is 15.4. The number of methoxy groups -OCH3 is 1. The quantitative estimate of drug-likeness (QED) is 0.780. The molecule has 0 radical (unpaired) electrons. The average molecular weight is 375 g/mol. The second-order valence-corrected chi connectivity index (χ2v) is 8.70. The molecule has 2 aromatic rings. The number of benzene rings is 2. The fourth-order valence-corrected chi connectivity index (χ4v) is 4.75. The van der Waals surface area contributed by atoms with Gasteiger partial charge in [0.2, 0.25) is 10.0 Å². The van der Waals surface area contributed by atoms with Gasteiger partial charge in [-0.05, 0) is 36.6 Å². The third-order valence-electron chi connectivity index (χ3n) is 4.80. The summed E-state index contributed by atoms with van der Waals surface area (Å²) < 4.78 is 32.4. The molecular weight excluding hydrogens is 348 g/mol. The molecule has 1 heterocycles. The number of ether oxygens (including phenoxy) is 1. The van der Waals surface area contributed by atoms with Crippen molar-refractivity contribution in [3.05, 3.63) is 59.7 Å². The van der Waals surface area contributed by atoms with E-state index in [1.807, 2.05) is 49.4 Å². The van der Waals surface area contributed by atoms with Gasteiger partial charge < -0.3 is 9.64 Å². The highest BCUT2D eigenvalue weighted by atomic mass is 32.2. The van der Waals surface area contributed by atoms with Crippen molar-refractivity contribution < 1.29 is 13.2 Å². The first-order valence-electron chi connectivity index (χ1n) is 8.91. The van der Waals surface area contributed by atoms with Gasteiger partial charge in [0.25, 0.3) is 0 Å². The van der Waals surface area contributed by atoms with Crippen LogP contribution in [0.3, 0.4) is 0 Å². The van der Waals surface area contributed by atoms with Crippen LogP contribution in [0.1, 0.15) is 11.1 Å². The minimum absolute atomic E-state index is 0.158. The molecule has 0 aromatic heterocycles. The molecule has 0 saturated carbocycles. The first-order chi connectivity index (χ1) is 12.5. The summed E-state index contributed by atoms with van der Waals surface area (Å²) in [4.78, 5) is 2.20. The first-order valence-corrected chi connectivity index (χ1v) is 10.5. The molecule has 0 spiro atoms. The Hall–Kier alpha value is -2.05. The molecule has 3 rings (SSSR count). The van der Waals surface area contributed by atoms with Crippen LogP contribution in [0.4, 0.5) is 5.69 Å². The van der Waals surface area contributed by atoms with Gasteiger partial charge in [-0.2, -0.15) is 4.31 Å². The van der Waals surface area contributed by atoms with E-state index in [1.54, 1.807) is 11.4 Å². The van der Waals surface area contributed by atoms with Crippen LogP contribution in [0.2, 0.25) is 0 Å². The van der Waals surface area contributed by atoms with Crippen molar-refractivity contribution in [2.45, 2.75) is 13.3 Å². The molecule has 140 valence electrons. The number of piperazine rings is 1. The predicted octanol–water partition coefficient (Wildman–Crippen LogP) is 2.70. The maximum absolute atomic E-state index is 12.7. The third kappa shape index (κ3) is 4.37. The molecule has 5 nitrogen and oxygen atoms in total. The number of hydrogen-bond acceptors (Lipinski definition) is 4. The van der Waals surface area contributed by atoms with Crippen molar-refractivity contribution in [3.8, 4) is 5.75 Å². The molecule has 0 aliphatic carbocycles. The average Bonchev–Trinajstić information content (AvgIpc) is 2.67. The zero-order valence-corrected chi connectivity index (χ0v) is 16.2. The Kier molecular flexibility index (Phi) is 5.84. The number of sulfonamides is 1. The van der Waals surface area contributed by atoms with Crippen LogP contribution >= 0.6 is 0 Å².